The highest BCUT2D eigenvalue weighted by Gasteiger charge is 2.34. The monoisotopic (exact) mass is 355 g/mol. The first kappa shape index (κ1) is 17.3. The van der Waals surface area contributed by atoms with Gasteiger partial charge in [-0.1, -0.05) is 30.8 Å². The van der Waals surface area contributed by atoms with Crippen molar-refractivity contribution in [1.82, 2.24) is 14.8 Å². The zero-order valence-electron chi connectivity index (χ0n) is 13.6. The smallest absolute Gasteiger partial charge is 0.364 e. The minimum absolute atomic E-state index is 0.0762. The van der Waals surface area contributed by atoms with Crippen LogP contribution in [-0.4, -0.2) is 14.8 Å². The van der Waals surface area contributed by atoms with E-state index >= 15 is 0 Å². The Bertz CT molecular complexity index is 1030. The van der Waals surface area contributed by atoms with E-state index in [9.17, 15) is 13.2 Å². The summed E-state index contributed by atoms with van der Waals surface area (Å²) >= 11 is 0. The quantitative estimate of drug-likeness (QED) is 0.632. The third-order valence-electron chi connectivity index (χ3n) is 3.94. The van der Waals surface area contributed by atoms with Crippen molar-refractivity contribution in [2.45, 2.75) is 19.6 Å². The number of aromatic amines is 1. The van der Waals surface area contributed by atoms with Crippen LogP contribution < -0.4 is 0 Å². The summed E-state index contributed by atoms with van der Waals surface area (Å²) in [5.74, 6) is 0.321. The summed E-state index contributed by atoms with van der Waals surface area (Å²) in [6, 6.07) is 9.57. The molecule has 5 nitrogen and oxygen atoms in total. The van der Waals surface area contributed by atoms with Crippen molar-refractivity contribution in [3.63, 3.8) is 0 Å². The first-order chi connectivity index (χ1) is 12.3. The largest absolute Gasteiger partial charge is 0.435 e. The predicted octanol–water partition coefficient (Wildman–Crippen LogP) is 5.36. The van der Waals surface area contributed by atoms with Gasteiger partial charge in [-0.3, -0.25) is 9.67 Å². The maximum Gasteiger partial charge on any atom is 0.435 e. The maximum atomic E-state index is 12.7. The van der Waals surface area contributed by atoms with Gasteiger partial charge in [0.25, 0.3) is 0 Å². The molecule has 0 fully saturated rings. The van der Waals surface area contributed by atoms with Gasteiger partial charge in [0.05, 0.1) is 18.0 Å². The highest BCUT2D eigenvalue weighted by Crippen LogP contribution is 2.35. The summed E-state index contributed by atoms with van der Waals surface area (Å²) in [5.41, 5.74) is 1.94. The minimum atomic E-state index is -4.51. The van der Waals surface area contributed by atoms with E-state index in [1.165, 1.54) is 0 Å². The molecule has 3 aromatic rings. The fraction of sp³-hybridized carbons (Fsp3) is 0.167. The second-order valence-corrected chi connectivity index (χ2v) is 5.66. The van der Waals surface area contributed by atoms with E-state index in [2.05, 4.69) is 19.9 Å². The Labute approximate surface area is 147 Å². The zero-order valence-corrected chi connectivity index (χ0v) is 13.6. The van der Waals surface area contributed by atoms with Gasteiger partial charge < -0.3 is 4.85 Å². The average Bonchev–Trinajstić information content (AvgIpc) is 3.20. The van der Waals surface area contributed by atoms with Crippen LogP contribution in [0.5, 0.6) is 0 Å². The van der Waals surface area contributed by atoms with Gasteiger partial charge in [-0.05, 0) is 24.6 Å². The average molecular weight is 355 g/mol. The van der Waals surface area contributed by atoms with E-state index in [1.54, 1.807) is 41.8 Å². The Morgan fingerprint density at radius 3 is 2.35 bits per heavy atom. The Hall–Kier alpha value is -3.52. The number of aryl methyl sites for hydroxylation is 1. The first-order valence-corrected chi connectivity index (χ1v) is 7.50. The van der Waals surface area contributed by atoms with E-state index in [1.807, 2.05) is 0 Å². The number of H-pyrrole nitrogens is 1. The van der Waals surface area contributed by atoms with Crippen molar-refractivity contribution in [1.29, 1.82) is 0 Å². The van der Waals surface area contributed by atoms with Crippen LogP contribution in [-0.2, 0) is 12.7 Å². The van der Waals surface area contributed by atoms with Crippen molar-refractivity contribution in [2.75, 3.05) is 0 Å². The number of alkyl halides is 3. The van der Waals surface area contributed by atoms with E-state index in [4.69, 9.17) is 13.1 Å². The van der Waals surface area contributed by atoms with Gasteiger partial charge in [0.15, 0.2) is 11.4 Å². The molecule has 0 aliphatic carbocycles. The van der Waals surface area contributed by atoms with Gasteiger partial charge in [0.2, 0.25) is 5.82 Å². The Balaban J connectivity index is 1.98. The molecule has 0 aliphatic heterocycles. The number of hydrogen-bond donors (Lipinski definition) is 1. The summed E-state index contributed by atoms with van der Waals surface area (Å²) in [6.45, 7) is 16.3. The van der Waals surface area contributed by atoms with Crippen LogP contribution in [0.25, 0.3) is 20.8 Å². The van der Waals surface area contributed by atoms with Crippen LogP contribution in [0.1, 0.15) is 17.1 Å². The number of benzene rings is 1. The molecule has 0 bridgehead atoms. The third kappa shape index (κ3) is 3.17. The third-order valence-corrected chi connectivity index (χ3v) is 3.94. The lowest BCUT2D eigenvalue weighted by atomic mass is 10.1. The first-order valence-electron chi connectivity index (χ1n) is 7.50. The molecule has 1 aromatic carbocycles. The van der Waals surface area contributed by atoms with Crippen LogP contribution in [0.3, 0.4) is 0 Å². The Kier molecular flexibility index (Phi) is 4.27. The number of hydrogen-bond acceptors (Lipinski definition) is 1. The molecule has 0 unspecified atom stereocenters. The summed E-state index contributed by atoms with van der Waals surface area (Å²) < 4.78 is 39.7. The van der Waals surface area contributed by atoms with Gasteiger partial charge in [-0.25, -0.2) is 4.85 Å². The van der Waals surface area contributed by atoms with Gasteiger partial charge in [0, 0.05) is 5.56 Å². The molecular formula is C18H12F3N5. The molecule has 0 spiro atoms. The molecule has 0 saturated heterocycles. The van der Waals surface area contributed by atoms with Crippen LogP contribution in [0.4, 0.5) is 24.7 Å². The lowest BCUT2D eigenvalue weighted by Gasteiger charge is -2.05. The number of aromatic nitrogens is 3. The summed E-state index contributed by atoms with van der Waals surface area (Å²) in [5, 5.41) is 5.66. The van der Waals surface area contributed by atoms with E-state index in [0.717, 1.165) is 17.3 Å². The second-order valence-electron chi connectivity index (χ2n) is 5.66. The molecule has 1 N–H and O–H groups in total. The lowest BCUT2D eigenvalue weighted by molar-refractivity contribution is -0.141. The van der Waals surface area contributed by atoms with Gasteiger partial charge >= 0.3 is 6.18 Å². The van der Waals surface area contributed by atoms with Crippen LogP contribution in [0.15, 0.2) is 36.4 Å². The molecule has 0 saturated carbocycles. The molecule has 0 amide bonds. The molecule has 2 heterocycles. The molecule has 0 atom stereocenters. The highest BCUT2D eigenvalue weighted by atomic mass is 19.4. The molecule has 0 aliphatic rings. The zero-order chi connectivity index (χ0) is 18.9. The van der Waals surface area contributed by atoms with E-state index in [-0.39, 0.29) is 12.2 Å². The summed E-state index contributed by atoms with van der Waals surface area (Å²) in [6.07, 6.45) is -4.51. The lowest BCUT2D eigenvalue weighted by Crippen LogP contribution is -2.05. The van der Waals surface area contributed by atoms with E-state index in [0.29, 0.717) is 17.1 Å². The number of rotatable bonds is 3. The van der Waals surface area contributed by atoms with Crippen LogP contribution >= 0.6 is 0 Å². The number of halogens is 3. The highest BCUT2D eigenvalue weighted by molar-refractivity contribution is 5.78. The number of nitrogens with one attached hydrogen (secondary N) is 1. The Morgan fingerprint density at radius 2 is 1.81 bits per heavy atom. The van der Waals surface area contributed by atoms with Crippen molar-refractivity contribution in [2.24, 2.45) is 0 Å². The van der Waals surface area contributed by atoms with Gasteiger partial charge in [-0.15, -0.1) is 0 Å². The number of nitrogens with zero attached hydrogens (tertiary/aromatic N) is 4. The normalized spacial score (nSPS) is 11.2. The van der Waals surface area contributed by atoms with Gasteiger partial charge in [0.1, 0.15) is 6.54 Å². The molecular weight excluding hydrogens is 343 g/mol. The maximum absolute atomic E-state index is 12.7. The fourth-order valence-electron chi connectivity index (χ4n) is 2.67. The summed E-state index contributed by atoms with van der Waals surface area (Å²) in [4.78, 5) is 6.89. The topological polar surface area (TPSA) is 42.3 Å². The second kappa shape index (κ2) is 6.41. The van der Waals surface area contributed by atoms with Crippen molar-refractivity contribution >= 4 is 11.5 Å². The molecule has 0 radical (unpaired) electrons. The van der Waals surface area contributed by atoms with Crippen molar-refractivity contribution < 1.29 is 13.2 Å². The van der Waals surface area contributed by atoms with Crippen molar-refractivity contribution in [3.05, 3.63) is 76.3 Å². The fourth-order valence-corrected chi connectivity index (χ4v) is 2.67. The van der Waals surface area contributed by atoms with E-state index < -0.39 is 11.9 Å². The molecule has 2 aromatic heterocycles. The Morgan fingerprint density at radius 1 is 1.12 bits per heavy atom. The standard InChI is InChI=1S/C18H12F3N5/c1-11-8-15(12-4-6-13(22-2)7-5-12)17(23-3)26(11)10-14-9-16(25-24-14)18(19,20)21/h4-9H,10H2,1H3,(H,24,25). The van der Waals surface area contributed by atoms with Crippen LogP contribution in [0, 0.1) is 20.1 Å². The van der Waals surface area contributed by atoms with Crippen LogP contribution in [0.2, 0.25) is 0 Å². The molecule has 26 heavy (non-hydrogen) atoms. The van der Waals surface area contributed by atoms with Gasteiger partial charge in [-0.2, -0.15) is 18.3 Å². The SMILES string of the molecule is [C-]#[N+]c1ccc(-c2cc(C)n(Cc3cc(C(F)(F)F)n[nH]3)c2[N+]#[C-])cc1. The summed E-state index contributed by atoms with van der Waals surface area (Å²) in [7, 11) is 0. The van der Waals surface area contributed by atoms with Crippen molar-refractivity contribution in [3.8, 4) is 11.1 Å². The molecule has 3 rings (SSSR count). The molecule has 130 valence electrons. The molecule has 8 heteroatoms. The minimum Gasteiger partial charge on any atom is -0.364 e. The predicted molar refractivity (Wildman–Crippen MR) is 89.8 cm³/mol.